The van der Waals surface area contributed by atoms with Crippen LogP contribution >= 0.6 is 11.6 Å². The van der Waals surface area contributed by atoms with Crippen LogP contribution in [0.4, 0.5) is 8.78 Å². The maximum Gasteiger partial charge on any atom is 0.252 e. The summed E-state index contributed by atoms with van der Waals surface area (Å²) in [5.41, 5.74) is 0.593. The molecule has 0 heterocycles. The van der Waals surface area contributed by atoms with Crippen LogP contribution in [0.25, 0.3) is 0 Å². The maximum atomic E-state index is 13.2. The maximum absolute atomic E-state index is 13.2. The zero-order chi connectivity index (χ0) is 10.6. The first kappa shape index (κ1) is 11.4. The molecular formula is C11H13ClF2. The summed E-state index contributed by atoms with van der Waals surface area (Å²) in [6, 6.07) is 6.64. The summed E-state index contributed by atoms with van der Waals surface area (Å²) in [6.45, 7) is 1.76. The first-order valence-corrected chi connectivity index (χ1v) is 5.03. The van der Waals surface area contributed by atoms with Crippen LogP contribution in [0, 0.1) is 0 Å². The summed E-state index contributed by atoms with van der Waals surface area (Å²) in [6.07, 6.45) is 0.203. The quantitative estimate of drug-likeness (QED) is 0.706. The second-order valence-electron chi connectivity index (χ2n) is 3.41. The van der Waals surface area contributed by atoms with Gasteiger partial charge in [-0.2, -0.15) is 0 Å². The van der Waals surface area contributed by atoms with E-state index in [0.717, 1.165) is 0 Å². The van der Waals surface area contributed by atoms with E-state index in [1.54, 1.807) is 31.2 Å². The SMILES string of the molecule is CCCC(F)(F)Cc1cccc(Cl)c1. The van der Waals surface area contributed by atoms with Crippen LogP contribution < -0.4 is 0 Å². The Bertz CT molecular complexity index is 297. The van der Waals surface area contributed by atoms with Gasteiger partial charge >= 0.3 is 0 Å². The van der Waals surface area contributed by atoms with Gasteiger partial charge in [0.05, 0.1) is 0 Å². The van der Waals surface area contributed by atoms with Gasteiger partial charge in [-0.25, -0.2) is 8.78 Å². The number of hydrogen-bond donors (Lipinski definition) is 0. The third-order valence-electron chi connectivity index (χ3n) is 1.97. The number of hydrogen-bond acceptors (Lipinski definition) is 0. The fourth-order valence-electron chi connectivity index (χ4n) is 1.40. The zero-order valence-electron chi connectivity index (χ0n) is 8.06. The van der Waals surface area contributed by atoms with Crippen molar-refractivity contribution >= 4 is 11.6 Å². The van der Waals surface area contributed by atoms with E-state index in [9.17, 15) is 8.78 Å². The first-order valence-electron chi connectivity index (χ1n) is 4.66. The average molecular weight is 219 g/mol. The topological polar surface area (TPSA) is 0 Å². The van der Waals surface area contributed by atoms with Crippen LogP contribution in [0.5, 0.6) is 0 Å². The molecule has 0 aromatic heterocycles. The largest absolute Gasteiger partial charge is 0.252 e. The summed E-state index contributed by atoms with van der Waals surface area (Å²) in [7, 11) is 0. The third kappa shape index (κ3) is 3.62. The summed E-state index contributed by atoms with van der Waals surface area (Å²) in [4.78, 5) is 0. The molecule has 0 aliphatic heterocycles. The molecular weight excluding hydrogens is 206 g/mol. The van der Waals surface area contributed by atoms with Crippen molar-refractivity contribution in [2.45, 2.75) is 32.1 Å². The minimum atomic E-state index is -2.61. The second kappa shape index (κ2) is 4.74. The van der Waals surface area contributed by atoms with E-state index in [1.807, 2.05) is 0 Å². The molecule has 78 valence electrons. The van der Waals surface area contributed by atoms with Crippen molar-refractivity contribution in [3.63, 3.8) is 0 Å². The van der Waals surface area contributed by atoms with E-state index in [2.05, 4.69) is 0 Å². The Morgan fingerprint density at radius 1 is 1.36 bits per heavy atom. The standard InChI is InChI=1S/C11H13ClF2/c1-2-6-11(13,14)8-9-4-3-5-10(12)7-9/h3-5,7H,2,6,8H2,1H3. The van der Waals surface area contributed by atoms with Gasteiger partial charge in [-0.05, 0) is 17.7 Å². The van der Waals surface area contributed by atoms with Crippen molar-refractivity contribution in [1.29, 1.82) is 0 Å². The van der Waals surface area contributed by atoms with Crippen molar-refractivity contribution in [2.75, 3.05) is 0 Å². The lowest BCUT2D eigenvalue weighted by atomic mass is 10.0. The number of benzene rings is 1. The highest BCUT2D eigenvalue weighted by molar-refractivity contribution is 6.30. The molecule has 0 unspecified atom stereocenters. The zero-order valence-corrected chi connectivity index (χ0v) is 8.82. The predicted octanol–water partition coefficient (Wildman–Crippen LogP) is 4.32. The van der Waals surface area contributed by atoms with Gasteiger partial charge in [0.1, 0.15) is 0 Å². The molecule has 14 heavy (non-hydrogen) atoms. The van der Waals surface area contributed by atoms with Crippen LogP contribution in [-0.2, 0) is 6.42 Å². The molecule has 0 bridgehead atoms. The minimum absolute atomic E-state index is 0.0699. The van der Waals surface area contributed by atoms with Gasteiger partial charge in [-0.15, -0.1) is 0 Å². The summed E-state index contributed by atoms with van der Waals surface area (Å²) >= 11 is 5.71. The van der Waals surface area contributed by atoms with Crippen LogP contribution in [0.15, 0.2) is 24.3 Å². The highest BCUT2D eigenvalue weighted by Crippen LogP contribution is 2.26. The lowest BCUT2D eigenvalue weighted by molar-refractivity contribution is -0.00771. The molecule has 0 saturated heterocycles. The second-order valence-corrected chi connectivity index (χ2v) is 3.85. The van der Waals surface area contributed by atoms with Gasteiger partial charge < -0.3 is 0 Å². The van der Waals surface area contributed by atoms with Crippen LogP contribution in [-0.4, -0.2) is 5.92 Å². The Kier molecular flexibility index (Phi) is 3.87. The summed E-state index contributed by atoms with van der Waals surface area (Å²) in [5.74, 6) is -2.61. The van der Waals surface area contributed by atoms with Gasteiger partial charge in [-0.3, -0.25) is 0 Å². The summed E-state index contributed by atoms with van der Waals surface area (Å²) in [5, 5.41) is 0.509. The summed E-state index contributed by atoms with van der Waals surface area (Å²) < 4.78 is 26.4. The van der Waals surface area contributed by atoms with Gasteiger partial charge in [0.15, 0.2) is 0 Å². The molecule has 0 radical (unpaired) electrons. The molecule has 0 saturated carbocycles. The van der Waals surface area contributed by atoms with Crippen molar-refractivity contribution in [1.82, 2.24) is 0 Å². The molecule has 0 fully saturated rings. The Morgan fingerprint density at radius 2 is 2.07 bits per heavy atom. The Labute approximate surface area is 87.9 Å². The lowest BCUT2D eigenvalue weighted by Gasteiger charge is -2.15. The van der Waals surface area contributed by atoms with Crippen molar-refractivity contribution in [3.8, 4) is 0 Å². The van der Waals surface area contributed by atoms with Crippen molar-refractivity contribution in [2.24, 2.45) is 0 Å². The van der Waals surface area contributed by atoms with E-state index in [-0.39, 0.29) is 12.8 Å². The van der Waals surface area contributed by atoms with Crippen LogP contribution in [0.2, 0.25) is 5.02 Å². The van der Waals surface area contributed by atoms with E-state index >= 15 is 0 Å². The first-order chi connectivity index (χ1) is 6.53. The van der Waals surface area contributed by atoms with Gasteiger partial charge in [0.25, 0.3) is 5.92 Å². The smallest absolute Gasteiger partial charge is 0.207 e. The molecule has 3 heteroatoms. The molecule has 0 atom stereocenters. The Morgan fingerprint density at radius 3 is 2.64 bits per heavy atom. The van der Waals surface area contributed by atoms with Gasteiger partial charge in [0.2, 0.25) is 0 Å². The monoisotopic (exact) mass is 218 g/mol. The predicted molar refractivity (Wildman–Crippen MR) is 55.0 cm³/mol. The molecule has 0 N–H and O–H groups in total. The molecule has 1 aromatic carbocycles. The van der Waals surface area contributed by atoms with E-state index in [4.69, 9.17) is 11.6 Å². The molecule has 1 rings (SSSR count). The van der Waals surface area contributed by atoms with E-state index < -0.39 is 5.92 Å². The normalized spacial score (nSPS) is 11.7. The lowest BCUT2D eigenvalue weighted by Crippen LogP contribution is -2.18. The Balaban J connectivity index is 2.68. The van der Waals surface area contributed by atoms with Crippen molar-refractivity contribution in [3.05, 3.63) is 34.9 Å². The number of rotatable bonds is 4. The van der Waals surface area contributed by atoms with Crippen molar-refractivity contribution < 1.29 is 8.78 Å². The number of alkyl halides is 2. The van der Waals surface area contributed by atoms with Crippen LogP contribution in [0.1, 0.15) is 25.3 Å². The van der Waals surface area contributed by atoms with Gasteiger partial charge in [-0.1, -0.05) is 37.1 Å². The van der Waals surface area contributed by atoms with Gasteiger partial charge in [0, 0.05) is 17.9 Å². The molecule has 0 amide bonds. The van der Waals surface area contributed by atoms with E-state index in [1.165, 1.54) is 0 Å². The van der Waals surface area contributed by atoms with Crippen LogP contribution in [0.3, 0.4) is 0 Å². The highest BCUT2D eigenvalue weighted by Gasteiger charge is 2.27. The highest BCUT2D eigenvalue weighted by atomic mass is 35.5. The molecule has 0 aliphatic carbocycles. The number of halogens is 3. The Hall–Kier alpha value is -0.630. The minimum Gasteiger partial charge on any atom is -0.207 e. The molecule has 1 aromatic rings. The fourth-order valence-corrected chi connectivity index (χ4v) is 1.61. The fraction of sp³-hybridized carbons (Fsp3) is 0.455. The molecule has 0 spiro atoms. The molecule has 0 nitrogen and oxygen atoms in total. The third-order valence-corrected chi connectivity index (χ3v) is 2.20. The average Bonchev–Trinajstić information content (AvgIpc) is 2.02. The van der Waals surface area contributed by atoms with E-state index in [0.29, 0.717) is 17.0 Å². The molecule has 0 aliphatic rings.